The van der Waals surface area contributed by atoms with Crippen LogP contribution in [0.25, 0.3) is 0 Å². The summed E-state index contributed by atoms with van der Waals surface area (Å²) >= 11 is 3.38. The fourth-order valence-electron chi connectivity index (χ4n) is 1.45. The van der Waals surface area contributed by atoms with Gasteiger partial charge < -0.3 is 10.0 Å². The minimum atomic E-state index is 0.145. The summed E-state index contributed by atoms with van der Waals surface area (Å²) < 4.78 is 0. The molecule has 1 aromatic rings. The topological polar surface area (TPSA) is 40.5 Å². The molecule has 0 radical (unpaired) electrons. The Morgan fingerprint density at radius 1 is 1.59 bits per heavy atom. The van der Waals surface area contributed by atoms with Gasteiger partial charge in [0.25, 0.3) is 0 Å². The van der Waals surface area contributed by atoms with Gasteiger partial charge in [0.2, 0.25) is 5.91 Å². The van der Waals surface area contributed by atoms with Gasteiger partial charge in [0.15, 0.2) is 0 Å². The van der Waals surface area contributed by atoms with Gasteiger partial charge in [-0.1, -0.05) is 6.07 Å². The van der Waals surface area contributed by atoms with Gasteiger partial charge in [0.05, 0.1) is 5.75 Å². The van der Waals surface area contributed by atoms with Crippen molar-refractivity contribution in [2.24, 2.45) is 0 Å². The van der Waals surface area contributed by atoms with E-state index < -0.39 is 0 Å². The standard InChI is InChI=1S/C12H19NO2S2/c1-2-13(6-4-7-14)12(15)10-16-9-11-5-3-8-17-11/h3,5,8,14H,2,4,6-7,9-10H2,1H3. The second kappa shape index (κ2) is 8.55. The molecule has 1 aromatic heterocycles. The Kier molecular flexibility index (Phi) is 7.32. The van der Waals surface area contributed by atoms with E-state index in [4.69, 9.17) is 5.11 Å². The number of aliphatic hydroxyl groups is 1. The van der Waals surface area contributed by atoms with Crippen LogP contribution in [0.4, 0.5) is 0 Å². The first kappa shape index (κ1) is 14.5. The molecular weight excluding hydrogens is 254 g/mol. The second-order valence-electron chi connectivity index (χ2n) is 3.62. The lowest BCUT2D eigenvalue weighted by atomic mass is 10.4. The summed E-state index contributed by atoms with van der Waals surface area (Å²) in [6, 6.07) is 4.12. The maximum Gasteiger partial charge on any atom is 0.232 e. The molecule has 1 heterocycles. The highest BCUT2D eigenvalue weighted by Gasteiger charge is 2.10. The van der Waals surface area contributed by atoms with E-state index >= 15 is 0 Å². The Morgan fingerprint density at radius 3 is 3.00 bits per heavy atom. The summed E-state index contributed by atoms with van der Waals surface area (Å²) in [6.07, 6.45) is 0.662. The maximum absolute atomic E-state index is 11.8. The van der Waals surface area contributed by atoms with Gasteiger partial charge in [-0.05, 0) is 24.8 Å². The van der Waals surface area contributed by atoms with Gasteiger partial charge in [0.1, 0.15) is 0 Å². The average molecular weight is 273 g/mol. The molecule has 0 aliphatic heterocycles. The molecule has 0 spiro atoms. The Hall–Kier alpha value is -0.520. The fourth-order valence-corrected chi connectivity index (χ4v) is 3.21. The van der Waals surface area contributed by atoms with Crippen LogP contribution in [0.5, 0.6) is 0 Å². The summed E-state index contributed by atoms with van der Waals surface area (Å²) in [4.78, 5) is 14.9. The Morgan fingerprint density at radius 2 is 2.41 bits per heavy atom. The first-order valence-electron chi connectivity index (χ1n) is 5.76. The molecule has 1 rings (SSSR count). The van der Waals surface area contributed by atoms with E-state index in [-0.39, 0.29) is 12.5 Å². The predicted molar refractivity (Wildman–Crippen MR) is 74.4 cm³/mol. The number of thiophene rings is 1. The van der Waals surface area contributed by atoms with Crippen molar-refractivity contribution in [1.29, 1.82) is 0 Å². The summed E-state index contributed by atoms with van der Waals surface area (Å²) in [7, 11) is 0. The van der Waals surface area contributed by atoms with E-state index in [1.807, 2.05) is 13.0 Å². The van der Waals surface area contributed by atoms with Gasteiger partial charge in [-0.15, -0.1) is 23.1 Å². The number of aliphatic hydroxyl groups excluding tert-OH is 1. The van der Waals surface area contributed by atoms with Gasteiger partial charge in [-0.3, -0.25) is 4.79 Å². The Balaban J connectivity index is 2.22. The molecule has 0 fully saturated rings. The molecule has 0 atom stereocenters. The second-order valence-corrected chi connectivity index (χ2v) is 5.64. The third kappa shape index (κ3) is 5.57. The Bertz CT molecular complexity index is 314. The van der Waals surface area contributed by atoms with Crippen LogP contribution in [0, 0.1) is 0 Å². The van der Waals surface area contributed by atoms with E-state index in [0.717, 1.165) is 12.3 Å². The first-order chi connectivity index (χ1) is 8.27. The lowest BCUT2D eigenvalue weighted by molar-refractivity contribution is -0.128. The van der Waals surface area contributed by atoms with E-state index in [0.29, 0.717) is 18.7 Å². The molecular formula is C12H19NO2S2. The van der Waals surface area contributed by atoms with E-state index in [2.05, 4.69) is 11.4 Å². The van der Waals surface area contributed by atoms with Crippen LogP contribution in [0.1, 0.15) is 18.2 Å². The minimum absolute atomic E-state index is 0.145. The molecule has 0 bridgehead atoms. The number of carbonyl (C=O) groups excluding carboxylic acids is 1. The average Bonchev–Trinajstić information content (AvgIpc) is 2.83. The molecule has 5 heteroatoms. The molecule has 17 heavy (non-hydrogen) atoms. The molecule has 1 N–H and O–H groups in total. The molecule has 3 nitrogen and oxygen atoms in total. The highest BCUT2D eigenvalue weighted by molar-refractivity contribution is 7.99. The molecule has 0 saturated heterocycles. The van der Waals surface area contributed by atoms with E-state index in [1.54, 1.807) is 28.0 Å². The number of hydrogen-bond acceptors (Lipinski definition) is 4. The molecule has 96 valence electrons. The summed E-state index contributed by atoms with van der Waals surface area (Å²) in [5, 5.41) is 10.8. The van der Waals surface area contributed by atoms with E-state index in [9.17, 15) is 4.79 Å². The molecule has 0 aromatic carbocycles. The van der Waals surface area contributed by atoms with Crippen LogP contribution in [-0.2, 0) is 10.5 Å². The molecule has 0 saturated carbocycles. The summed E-state index contributed by atoms with van der Waals surface area (Å²) in [5.74, 6) is 1.60. The number of rotatable bonds is 8. The maximum atomic E-state index is 11.8. The van der Waals surface area contributed by atoms with Crippen LogP contribution in [0.15, 0.2) is 17.5 Å². The van der Waals surface area contributed by atoms with Crippen molar-refractivity contribution < 1.29 is 9.90 Å². The quantitative estimate of drug-likeness (QED) is 0.789. The number of hydrogen-bond donors (Lipinski definition) is 1. The monoisotopic (exact) mass is 273 g/mol. The number of thioether (sulfide) groups is 1. The number of carbonyl (C=O) groups is 1. The van der Waals surface area contributed by atoms with Crippen molar-refractivity contribution in [3.63, 3.8) is 0 Å². The van der Waals surface area contributed by atoms with Crippen molar-refractivity contribution >= 4 is 29.0 Å². The van der Waals surface area contributed by atoms with Gasteiger partial charge in [0, 0.05) is 30.3 Å². The number of amides is 1. The Labute approximate surface area is 111 Å². The minimum Gasteiger partial charge on any atom is -0.396 e. The molecule has 0 aliphatic carbocycles. The van der Waals surface area contributed by atoms with Crippen LogP contribution >= 0.6 is 23.1 Å². The smallest absolute Gasteiger partial charge is 0.232 e. The van der Waals surface area contributed by atoms with Gasteiger partial charge in [-0.25, -0.2) is 0 Å². The van der Waals surface area contributed by atoms with Gasteiger partial charge >= 0.3 is 0 Å². The zero-order chi connectivity index (χ0) is 12.5. The third-order valence-electron chi connectivity index (χ3n) is 2.37. The van der Waals surface area contributed by atoms with Crippen LogP contribution < -0.4 is 0 Å². The zero-order valence-corrected chi connectivity index (χ0v) is 11.7. The number of nitrogens with zero attached hydrogens (tertiary/aromatic N) is 1. The highest BCUT2D eigenvalue weighted by Crippen LogP contribution is 2.17. The van der Waals surface area contributed by atoms with Gasteiger partial charge in [-0.2, -0.15) is 0 Å². The normalized spacial score (nSPS) is 10.5. The van der Waals surface area contributed by atoms with Crippen molar-refractivity contribution in [1.82, 2.24) is 4.90 Å². The van der Waals surface area contributed by atoms with Crippen molar-refractivity contribution in [3.05, 3.63) is 22.4 Å². The van der Waals surface area contributed by atoms with Crippen LogP contribution in [-0.4, -0.2) is 41.4 Å². The largest absolute Gasteiger partial charge is 0.396 e. The van der Waals surface area contributed by atoms with Crippen molar-refractivity contribution in [3.8, 4) is 0 Å². The summed E-state index contributed by atoms with van der Waals surface area (Å²) in [5.41, 5.74) is 0. The molecule has 0 aliphatic rings. The van der Waals surface area contributed by atoms with Crippen molar-refractivity contribution in [2.45, 2.75) is 19.1 Å². The highest BCUT2D eigenvalue weighted by atomic mass is 32.2. The lowest BCUT2D eigenvalue weighted by Crippen LogP contribution is -2.33. The fraction of sp³-hybridized carbons (Fsp3) is 0.583. The third-order valence-corrected chi connectivity index (χ3v) is 4.40. The molecule has 0 unspecified atom stereocenters. The SMILES string of the molecule is CCN(CCCO)C(=O)CSCc1cccs1. The summed E-state index contributed by atoms with van der Waals surface area (Å²) in [6.45, 7) is 3.50. The first-order valence-corrected chi connectivity index (χ1v) is 7.80. The molecule has 1 amide bonds. The van der Waals surface area contributed by atoms with Crippen LogP contribution in [0.3, 0.4) is 0 Å². The van der Waals surface area contributed by atoms with E-state index in [1.165, 1.54) is 4.88 Å². The van der Waals surface area contributed by atoms with Crippen molar-refractivity contribution in [2.75, 3.05) is 25.4 Å². The van der Waals surface area contributed by atoms with Crippen LogP contribution in [0.2, 0.25) is 0 Å². The zero-order valence-electron chi connectivity index (χ0n) is 10.1. The predicted octanol–water partition coefficient (Wildman–Crippen LogP) is 2.21. The lowest BCUT2D eigenvalue weighted by Gasteiger charge is -2.20.